The van der Waals surface area contributed by atoms with Crippen LogP contribution in [0.15, 0.2) is 34.0 Å². The minimum Gasteiger partial charge on any atom is -0.479 e. The minimum absolute atomic E-state index is 0.0313. The van der Waals surface area contributed by atoms with Gasteiger partial charge in [0.15, 0.2) is 5.01 Å². The number of rotatable bonds is 10. The summed E-state index contributed by atoms with van der Waals surface area (Å²) in [6, 6.07) is 6.03. The number of benzene rings is 1. The second-order valence-electron chi connectivity index (χ2n) is 8.12. The van der Waals surface area contributed by atoms with Crippen molar-refractivity contribution in [3.05, 3.63) is 40.3 Å². The Kier molecular flexibility index (Phi) is 9.05. The van der Waals surface area contributed by atoms with Crippen molar-refractivity contribution in [1.82, 2.24) is 19.6 Å². The fourth-order valence-corrected chi connectivity index (χ4v) is 4.58. The number of alkyl halides is 1. The van der Waals surface area contributed by atoms with Gasteiger partial charge in [-0.25, -0.2) is 18.1 Å². The first kappa shape index (κ1) is 25.8. The van der Waals surface area contributed by atoms with Crippen LogP contribution in [0.3, 0.4) is 0 Å². The van der Waals surface area contributed by atoms with Crippen molar-refractivity contribution in [3.8, 4) is 17.1 Å². The molecule has 1 saturated heterocycles. The van der Waals surface area contributed by atoms with Crippen LogP contribution >= 0.6 is 15.9 Å². The monoisotopic (exact) mass is 542 g/mol. The SMILES string of the molecule is CCC(Br)Oc1ccc(S(=O)(=O)NCCN2CCOCC2)cc1-c1nc(C(C)C)cc(=O)[nH]1. The molecule has 9 nitrogen and oxygen atoms in total. The molecule has 1 aliphatic heterocycles. The number of hydrogen-bond donors (Lipinski definition) is 2. The van der Waals surface area contributed by atoms with Crippen LogP contribution in [0.4, 0.5) is 0 Å². The predicted octanol–water partition coefficient (Wildman–Crippen LogP) is 2.68. The lowest BCUT2D eigenvalue weighted by Gasteiger charge is -2.26. The fourth-order valence-electron chi connectivity index (χ4n) is 3.33. The van der Waals surface area contributed by atoms with E-state index in [4.69, 9.17) is 9.47 Å². The van der Waals surface area contributed by atoms with Crippen LogP contribution in [0.2, 0.25) is 0 Å². The van der Waals surface area contributed by atoms with Crippen molar-refractivity contribution in [2.45, 2.75) is 43.0 Å². The van der Waals surface area contributed by atoms with E-state index in [2.05, 4.69) is 35.5 Å². The second-order valence-corrected chi connectivity index (χ2v) is 10.9. The third-order valence-electron chi connectivity index (χ3n) is 5.27. The number of H-pyrrole nitrogens is 1. The summed E-state index contributed by atoms with van der Waals surface area (Å²) in [7, 11) is -3.77. The van der Waals surface area contributed by atoms with Gasteiger partial charge in [-0.3, -0.25) is 9.69 Å². The lowest BCUT2D eigenvalue weighted by molar-refractivity contribution is 0.0390. The van der Waals surface area contributed by atoms with Gasteiger partial charge in [0.05, 0.1) is 29.4 Å². The first-order valence-electron chi connectivity index (χ1n) is 11.1. The Hall–Kier alpha value is -1.79. The Labute approximate surface area is 203 Å². The Bertz CT molecular complexity index is 1100. The average Bonchev–Trinajstić information content (AvgIpc) is 2.79. The van der Waals surface area contributed by atoms with E-state index in [1.165, 1.54) is 18.2 Å². The Morgan fingerprint density at radius 1 is 1.27 bits per heavy atom. The molecule has 2 aromatic rings. The van der Waals surface area contributed by atoms with Crippen LogP contribution in [0.1, 0.15) is 38.8 Å². The Morgan fingerprint density at radius 3 is 2.67 bits per heavy atom. The van der Waals surface area contributed by atoms with Crippen LogP contribution in [0.5, 0.6) is 5.75 Å². The topological polar surface area (TPSA) is 114 Å². The largest absolute Gasteiger partial charge is 0.479 e. The molecule has 1 fully saturated rings. The molecule has 0 spiro atoms. The van der Waals surface area contributed by atoms with E-state index in [1.807, 2.05) is 20.8 Å². The van der Waals surface area contributed by atoms with Gasteiger partial charge >= 0.3 is 0 Å². The number of halogens is 1. The third kappa shape index (κ3) is 7.10. The molecule has 1 aromatic carbocycles. The molecule has 0 amide bonds. The van der Waals surface area contributed by atoms with Gasteiger partial charge in [-0.15, -0.1) is 0 Å². The predicted molar refractivity (Wildman–Crippen MR) is 130 cm³/mol. The van der Waals surface area contributed by atoms with Crippen molar-refractivity contribution in [2.24, 2.45) is 0 Å². The number of hydrogen-bond acceptors (Lipinski definition) is 7. The van der Waals surface area contributed by atoms with Gasteiger partial charge in [0, 0.05) is 32.2 Å². The molecular formula is C22H31BrN4O5S. The first-order chi connectivity index (χ1) is 15.7. The van der Waals surface area contributed by atoms with Crippen molar-refractivity contribution in [3.63, 3.8) is 0 Å². The number of sulfonamides is 1. The zero-order chi connectivity index (χ0) is 24.0. The molecule has 11 heteroatoms. The standard InChI is InChI=1S/C22H31BrN4O5S/c1-4-20(23)32-19-6-5-16(33(29,30)24-7-8-27-9-11-31-12-10-27)13-17(19)22-25-18(15(2)3)14-21(28)26-22/h5-6,13-15,20,24H,4,7-12H2,1-3H3,(H,25,26,28). The van der Waals surface area contributed by atoms with E-state index in [-0.39, 0.29) is 33.8 Å². The van der Waals surface area contributed by atoms with Crippen LogP contribution in [0, 0.1) is 0 Å². The summed E-state index contributed by atoms with van der Waals surface area (Å²) in [6.07, 6.45) is 0.693. The Morgan fingerprint density at radius 2 is 2.00 bits per heavy atom. The van der Waals surface area contributed by atoms with E-state index in [0.717, 1.165) is 13.1 Å². The number of morpholine rings is 1. The third-order valence-corrected chi connectivity index (χ3v) is 7.56. The maximum absolute atomic E-state index is 13.0. The maximum Gasteiger partial charge on any atom is 0.251 e. The quantitative estimate of drug-likeness (QED) is 0.443. The zero-order valence-electron chi connectivity index (χ0n) is 19.1. The molecule has 1 aromatic heterocycles. The van der Waals surface area contributed by atoms with E-state index < -0.39 is 10.0 Å². The van der Waals surface area contributed by atoms with Crippen LogP contribution in [0.25, 0.3) is 11.4 Å². The minimum atomic E-state index is -3.77. The van der Waals surface area contributed by atoms with Gasteiger partial charge in [0.25, 0.3) is 5.56 Å². The highest BCUT2D eigenvalue weighted by Gasteiger charge is 2.21. The van der Waals surface area contributed by atoms with Crippen molar-refractivity contribution < 1.29 is 17.9 Å². The molecule has 0 radical (unpaired) electrons. The maximum atomic E-state index is 13.0. The van der Waals surface area contributed by atoms with Crippen molar-refractivity contribution in [1.29, 1.82) is 0 Å². The van der Waals surface area contributed by atoms with E-state index in [1.54, 1.807) is 6.07 Å². The molecular weight excluding hydrogens is 512 g/mol. The van der Waals surface area contributed by atoms with Crippen LogP contribution < -0.4 is 15.0 Å². The molecule has 2 N–H and O–H groups in total. The van der Waals surface area contributed by atoms with Gasteiger partial charge in [-0.1, -0.05) is 20.8 Å². The second kappa shape index (κ2) is 11.6. The van der Waals surface area contributed by atoms with Gasteiger partial charge < -0.3 is 14.5 Å². The molecule has 1 aliphatic rings. The summed E-state index contributed by atoms with van der Waals surface area (Å²) in [6.45, 7) is 9.60. The van der Waals surface area contributed by atoms with Gasteiger partial charge in [-0.05, 0) is 46.5 Å². The zero-order valence-corrected chi connectivity index (χ0v) is 21.5. The lowest BCUT2D eigenvalue weighted by atomic mass is 10.1. The molecule has 2 heterocycles. The van der Waals surface area contributed by atoms with Crippen LogP contribution in [-0.4, -0.2) is 67.7 Å². The highest BCUT2D eigenvalue weighted by atomic mass is 79.9. The fraction of sp³-hybridized carbons (Fsp3) is 0.545. The molecule has 0 bridgehead atoms. The van der Waals surface area contributed by atoms with Crippen LogP contribution in [-0.2, 0) is 14.8 Å². The van der Waals surface area contributed by atoms with Gasteiger partial charge in [0.1, 0.15) is 11.6 Å². The van der Waals surface area contributed by atoms with E-state index in [0.29, 0.717) is 43.2 Å². The lowest BCUT2D eigenvalue weighted by Crippen LogP contribution is -2.41. The summed E-state index contributed by atoms with van der Waals surface area (Å²) >= 11 is 3.44. The molecule has 33 heavy (non-hydrogen) atoms. The number of ether oxygens (including phenoxy) is 2. The molecule has 182 valence electrons. The summed E-state index contributed by atoms with van der Waals surface area (Å²) < 4.78 is 39.9. The van der Waals surface area contributed by atoms with E-state index >= 15 is 0 Å². The number of aromatic nitrogens is 2. The molecule has 0 saturated carbocycles. The summed E-state index contributed by atoms with van der Waals surface area (Å²) in [5.41, 5.74) is 0.712. The van der Waals surface area contributed by atoms with E-state index in [9.17, 15) is 13.2 Å². The first-order valence-corrected chi connectivity index (χ1v) is 13.5. The molecule has 1 unspecified atom stereocenters. The number of nitrogens with one attached hydrogen (secondary N) is 2. The summed E-state index contributed by atoms with van der Waals surface area (Å²) in [5, 5.41) is -0.273. The summed E-state index contributed by atoms with van der Waals surface area (Å²) in [5.74, 6) is 0.723. The normalized spacial score (nSPS) is 16.2. The highest BCUT2D eigenvalue weighted by molar-refractivity contribution is 9.09. The van der Waals surface area contributed by atoms with Crippen molar-refractivity contribution >= 4 is 26.0 Å². The number of nitrogens with zero attached hydrogens (tertiary/aromatic N) is 2. The average molecular weight is 543 g/mol. The summed E-state index contributed by atoms with van der Waals surface area (Å²) in [4.78, 5) is 21.8. The molecule has 3 rings (SSSR count). The molecule has 1 atom stereocenters. The molecule has 0 aliphatic carbocycles. The smallest absolute Gasteiger partial charge is 0.251 e. The Balaban J connectivity index is 1.91. The van der Waals surface area contributed by atoms with Crippen molar-refractivity contribution in [2.75, 3.05) is 39.4 Å². The van der Waals surface area contributed by atoms with Gasteiger partial charge in [-0.2, -0.15) is 0 Å². The highest BCUT2D eigenvalue weighted by Crippen LogP contribution is 2.32. The number of aromatic amines is 1. The van der Waals surface area contributed by atoms with Gasteiger partial charge in [0.2, 0.25) is 10.0 Å².